The summed E-state index contributed by atoms with van der Waals surface area (Å²) in [5, 5.41) is 9.36. The molecule has 1 atom stereocenters. The Hall–Kier alpha value is -1.62. The van der Waals surface area contributed by atoms with Crippen molar-refractivity contribution in [3.8, 4) is 0 Å². The minimum Gasteiger partial charge on any atom is -0.306 e. The molecule has 1 aliphatic heterocycles. The van der Waals surface area contributed by atoms with Crippen LogP contribution in [0.5, 0.6) is 0 Å². The lowest BCUT2D eigenvalue weighted by molar-refractivity contribution is 0.0993. The predicted molar refractivity (Wildman–Crippen MR) is 102 cm³/mol. The van der Waals surface area contributed by atoms with Crippen molar-refractivity contribution in [1.29, 1.82) is 0 Å². The zero-order chi connectivity index (χ0) is 18.0. The largest absolute Gasteiger partial charge is 0.306 e. The van der Waals surface area contributed by atoms with Crippen LogP contribution in [0.1, 0.15) is 68.7 Å². The molecule has 2 heterocycles. The average molecular weight is 358 g/mol. The van der Waals surface area contributed by atoms with Crippen LogP contribution in [-0.2, 0) is 18.4 Å². The number of ketones is 1. The molecule has 0 unspecified atom stereocenters. The lowest BCUT2D eigenvalue weighted by Crippen LogP contribution is -2.16. The second-order valence-corrected chi connectivity index (χ2v) is 9.12. The summed E-state index contributed by atoms with van der Waals surface area (Å²) in [5.74, 6) is 1.21. The van der Waals surface area contributed by atoms with E-state index >= 15 is 0 Å². The normalized spacial score (nSPS) is 16.2. The predicted octanol–water partition coefficient (Wildman–Crippen LogP) is 4.67. The van der Waals surface area contributed by atoms with E-state index in [0.29, 0.717) is 0 Å². The van der Waals surface area contributed by atoms with Gasteiger partial charge in [0.1, 0.15) is 5.82 Å². The van der Waals surface area contributed by atoms with E-state index in [2.05, 4.69) is 47.7 Å². The molecule has 0 spiro atoms. The second kappa shape index (κ2) is 7.32. The molecular formula is C20H27N3OS. The number of thioether (sulfide) groups is 1. The maximum Gasteiger partial charge on any atom is 0.191 e. The minimum atomic E-state index is -0.169. The molecular weight excluding hydrogens is 330 g/mol. The van der Waals surface area contributed by atoms with Crippen LogP contribution in [-0.4, -0.2) is 25.8 Å². The van der Waals surface area contributed by atoms with E-state index in [9.17, 15) is 4.79 Å². The van der Waals surface area contributed by atoms with Gasteiger partial charge in [-0.25, -0.2) is 0 Å². The molecule has 0 saturated carbocycles. The lowest BCUT2D eigenvalue weighted by Gasteiger charge is -2.19. The Balaban J connectivity index is 1.72. The van der Waals surface area contributed by atoms with Gasteiger partial charge in [0, 0.05) is 18.5 Å². The molecule has 2 aromatic rings. The summed E-state index contributed by atoms with van der Waals surface area (Å²) in [5.41, 5.74) is 2.11. The van der Waals surface area contributed by atoms with Gasteiger partial charge >= 0.3 is 0 Å². The highest BCUT2D eigenvalue weighted by molar-refractivity contribution is 8.00. The number of carbonyl (C=O) groups excluding carboxylic acids is 1. The Kier molecular flexibility index (Phi) is 5.32. The Morgan fingerprint density at radius 1 is 1.12 bits per heavy atom. The zero-order valence-electron chi connectivity index (χ0n) is 15.6. The van der Waals surface area contributed by atoms with E-state index in [-0.39, 0.29) is 16.4 Å². The van der Waals surface area contributed by atoms with Crippen LogP contribution in [0.3, 0.4) is 0 Å². The highest BCUT2D eigenvalue weighted by Gasteiger charge is 2.22. The molecule has 5 heteroatoms. The quantitative estimate of drug-likeness (QED) is 0.589. The highest BCUT2D eigenvalue weighted by atomic mass is 32.2. The standard InChI is InChI=1S/C20H27N3OS/c1-14(18(24)15-9-11-16(12-10-15)20(2,3)4)25-19-22-21-17-8-6-5-7-13-23(17)19/h9-12,14H,5-8,13H2,1-4H3/t14-/m1/s1. The van der Waals surface area contributed by atoms with Crippen LogP contribution in [0.2, 0.25) is 0 Å². The molecule has 0 bridgehead atoms. The molecule has 3 rings (SSSR count). The molecule has 0 fully saturated rings. The number of rotatable bonds is 4. The van der Waals surface area contributed by atoms with E-state index in [1.807, 2.05) is 19.1 Å². The van der Waals surface area contributed by atoms with Gasteiger partial charge in [0.05, 0.1) is 5.25 Å². The third kappa shape index (κ3) is 4.14. The summed E-state index contributed by atoms with van der Waals surface area (Å²) in [7, 11) is 0. The maximum absolute atomic E-state index is 12.8. The average Bonchev–Trinajstić information content (AvgIpc) is 2.80. The fourth-order valence-electron chi connectivity index (χ4n) is 3.13. The van der Waals surface area contributed by atoms with Crippen molar-refractivity contribution in [3.05, 3.63) is 41.2 Å². The third-order valence-electron chi connectivity index (χ3n) is 4.76. The first kappa shape index (κ1) is 18.2. The van der Waals surface area contributed by atoms with Crippen molar-refractivity contribution in [2.24, 2.45) is 0 Å². The molecule has 0 aliphatic carbocycles. The number of aromatic nitrogens is 3. The Morgan fingerprint density at radius 2 is 1.84 bits per heavy atom. The molecule has 0 amide bonds. The molecule has 0 saturated heterocycles. The van der Waals surface area contributed by atoms with E-state index in [1.165, 1.54) is 30.2 Å². The molecule has 1 aromatic carbocycles. The van der Waals surface area contributed by atoms with E-state index in [0.717, 1.165) is 35.9 Å². The number of nitrogens with zero attached hydrogens (tertiary/aromatic N) is 3. The number of fused-ring (bicyclic) bond motifs is 1. The van der Waals surface area contributed by atoms with Crippen LogP contribution in [0.4, 0.5) is 0 Å². The van der Waals surface area contributed by atoms with Crippen LogP contribution < -0.4 is 0 Å². The van der Waals surface area contributed by atoms with Crippen molar-refractivity contribution in [2.75, 3.05) is 0 Å². The van der Waals surface area contributed by atoms with E-state index in [4.69, 9.17) is 0 Å². The fraction of sp³-hybridized carbons (Fsp3) is 0.550. The van der Waals surface area contributed by atoms with Gasteiger partial charge in [0.2, 0.25) is 0 Å². The number of aryl methyl sites for hydroxylation is 1. The van der Waals surface area contributed by atoms with Gasteiger partial charge in [-0.3, -0.25) is 4.79 Å². The molecule has 0 N–H and O–H groups in total. The molecule has 134 valence electrons. The monoisotopic (exact) mass is 357 g/mol. The topological polar surface area (TPSA) is 47.8 Å². The molecule has 4 nitrogen and oxygen atoms in total. The van der Waals surface area contributed by atoms with Crippen molar-refractivity contribution in [1.82, 2.24) is 14.8 Å². The number of carbonyl (C=O) groups is 1. The van der Waals surface area contributed by atoms with Crippen LogP contribution in [0, 0.1) is 0 Å². The van der Waals surface area contributed by atoms with E-state index < -0.39 is 0 Å². The third-order valence-corrected chi connectivity index (χ3v) is 5.84. The van der Waals surface area contributed by atoms with Gasteiger partial charge in [-0.05, 0) is 30.7 Å². The number of Topliss-reactive ketones (excluding diaryl/α,β-unsaturated/α-hetero) is 1. The summed E-state index contributed by atoms with van der Waals surface area (Å²) in [6.07, 6.45) is 4.57. The fourth-order valence-corrected chi connectivity index (χ4v) is 4.10. The summed E-state index contributed by atoms with van der Waals surface area (Å²) >= 11 is 1.53. The van der Waals surface area contributed by atoms with Gasteiger partial charge in [0.25, 0.3) is 0 Å². The molecule has 25 heavy (non-hydrogen) atoms. The van der Waals surface area contributed by atoms with Crippen LogP contribution >= 0.6 is 11.8 Å². The van der Waals surface area contributed by atoms with Gasteiger partial charge < -0.3 is 4.57 Å². The van der Waals surface area contributed by atoms with Crippen molar-refractivity contribution in [2.45, 2.75) is 75.7 Å². The summed E-state index contributed by atoms with van der Waals surface area (Å²) in [6, 6.07) is 8.02. The first-order valence-corrected chi connectivity index (χ1v) is 9.98. The summed E-state index contributed by atoms with van der Waals surface area (Å²) < 4.78 is 2.20. The van der Waals surface area contributed by atoms with Crippen LogP contribution in [0.15, 0.2) is 29.4 Å². The van der Waals surface area contributed by atoms with Crippen LogP contribution in [0.25, 0.3) is 0 Å². The van der Waals surface area contributed by atoms with Crippen molar-refractivity contribution in [3.63, 3.8) is 0 Å². The van der Waals surface area contributed by atoms with Gasteiger partial charge in [-0.1, -0.05) is 63.2 Å². The first-order valence-electron chi connectivity index (χ1n) is 9.10. The summed E-state index contributed by atoms with van der Waals surface area (Å²) in [4.78, 5) is 12.8. The maximum atomic E-state index is 12.8. The zero-order valence-corrected chi connectivity index (χ0v) is 16.4. The lowest BCUT2D eigenvalue weighted by atomic mass is 9.86. The summed E-state index contributed by atoms with van der Waals surface area (Å²) in [6.45, 7) is 9.47. The Labute approximate surface area is 154 Å². The minimum absolute atomic E-state index is 0.0982. The van der Waals surface area contributed by atoms with Gasteiger partial charge in [-0.15, -0.1) is 10.2 Å². The molecule has 1 aromatic heterocycles. The Bertz CT molecular complexity index is 743. The SMILES string of the molecule is C[C@@H](Sc1nnc2n1CCCCC2)C(=O)c1ccc(C(C)(C)C)cc1. The van der Waals surface area contributed by atoms with Crippen molar-refractivity contribution >= 4 is 17.5 Å². The molecule has 1 aliphatic rings. The molecule has 0 radical (unpaired) electrons. The van der Waals surface area contributed by atoms with Gasteiger partial charge in [0.15, 0.2) is 10.9 Å². The first-order chi connectivity index (χ1) is 11.9. The number of benzene rings is 1. The smallest absolute Gasteiger partial charge is 0.191 e. The van der Waals surface area contributed by atoms with Gasteiger partial charge in [-0.2, -0.15) is 0 Å². The second-order valence-electron chi connectivity index (χ2n) is 7.81. The number of hydrogen-bond acceptors (Lipinski definition) is 4. The van der Waals surface area contributed by atoms with E-state index in [1.54, 1.807) is 0 Å². The highest BCUT2D eigenvalue weighted by Crippen LogP contribution is 2.28. The number of hydrogen-bond donors (Lipinski definition) is 0. The Morgan fingerprint density at radius 3 is 2.52 bits per heavy atom. The van der Waals surface area contributed by atoms with Crippen molar-refractivity contribution < 1.29 is 4.79 Å².